The van der Waals surface area contributed by atoms with Gasteiger partial charge in [0.25, 0.3) is 0 Å². The Morgan fingerprint density at radius 1 is 1.07 bits per heavy atom. The van der Waals surface area contributed by atoms with Gasteiger partial charge in [-0.1, -0.05) is 24.3 Å². The molecule has 2 aromatic carbocycles. The van der Waals surface area contributed by atoms with Crippen LogP contribution in [0.4, 0.5) is 0 Å². The second-order valence-corrected chi connectivity index (χ2v) is 8.20. The number of H-pyrrole nitrogens is 1. The van der Waals surface area contributed by atoms with Crippen LogP contribution in [0.1, 0.15) is 11.4 Å². The number of para-hydroxylation sites is 2. The van der Waals surface area contributed by atoms with Crippen LogP contribution in [0.2, 0.25) is 0 Å². The lowest BCUT2D eigenvalue weighted by Gasteiger charge is -2.12. The number of nitrogens with one attached hydrogen (secondary N) is 1. The van der Waals surface area contributed by atoms with Gasteiger partial charge in [0.2, 0.25) is 0 Å². The van der Waals surface area contributed by atoms with Gasteiger partial charge in [0.1, 0.15) is 5.69 Å². The first-order valence-corrected chi connectivity index (χ1v) is 10.6. The summed E-state index contributed by atoms with van der Waals surface area (Å²) in [6.07, 6.45) is 1.78. The minimum atomic E-state index is 0.486. The van der Waals surface area contributed by atoms with Crippen molar-refractivity contribution >= 4 is 39.2 Å². The lowest BCUT2D eigenvalue weighted by molar-refractivity contribution is 0.744. The van der Waals surface area contributed by atoms with E-state index in [1.807, 2.05) is 47.0 Å². The summed E-state index contributed by atoms with van der Waals surface area (Å²) in [6.45, 7) is 2.54. The lowest BCUT2D eigenvalue weighted by Crippen LogP contribution is -2.10. The molecule has 1 N–H and O–H groups in total. The SMILES string of the molecule is Cc1ccc(-n2c(Cn3c(-c4ccccn4)nc4ccccc43)n[nH]c2=S)c(Br)c1. The van der Waals surface area contributed by atoms with Crippen molar-refractivity contribution in [1.82, 2.24) is 29.3 Å². The molecule has 3 heterocycles. The van der Waals surface area contributed by atoms with Crippen molar-refractivity contribution in [2.75, 3.05) is 0 Å². The quantitative estimate of drug-likeness (QED) is 0.349. The summed E-state index contributed by atoms with van der Waals surface area (Å²) in [5.74, 6) is 1.57. The molecule has 148 valence electrons. The number of benzene rings is 2. The number of halogens is 1. The predicted octanol–water partition coefficient (Wildman–Crippen LogP) is 5.46. The Morgan fingerprint density at radius 2 is 1.90 bits per heavy atom. The highest BCUT2D eigenvalue weighted by atomic mass is 79.9. The molecular formula is C22H17BrN6S. The van der Waals surface area contributed by atoms with Crippen LogP contribution in [-0.4, -0.2) is 29.3 Å². The standard InChI is InChI=1S/C22H17BrN6S/c1-14-9-10-18(15(23)12-14)29-20(26-27-22(29)30)13-28-19-8-3-2-6-16(19)25-21(28)17-7-4-5-11-24-17/h2-12H,13H2,1H3,(H,27,30). The molecule has 6 nitrogen and oxygen atoms in total. The van der Waals surface area contributed by atoms with Crippen LogP contribution >= 0.6 is 28.1 Å². The maximum atomic E-state index is 5.55. The number of hydrogen-bond donors (Lipinski definition) is 1. The van der Waals surface area contributed by atoms with Gasteiger partial charge in [0, 0.05) is 10.7 Å². The molecule has 0 bridgehead atoms. The summed E-state index contributed by atoms with van der Waals surface area (Å²) in [5, 5.41) is 7.47. The maximum absolute atomic E-state index is 5.55. The number of aryl methyl sites for hydroxylation is 1. The van der Waals surface area contributed by atoms with E-state index < -0.39 is 0 Å². The van der Waals surface area contributed by atoms with Crippen LogP contribution < -0.4 is 0 Å². The van der Waals surface area contributed by atoms with Crippen LogP contribution in [0.15, 0.2) is 71.3 Å². The summed E-state index contributed by atoms with van der Waals surface area (Å²) in [4.78, 5) is 9.35. The van der Waals surface area contributed by atoms with E-state index in [2.05, 4.69) is 60.8 Å². The van der Waals surface area contributed by atoms with Crippen molar-refractivity contribution in [3.63, 3.8) is 0 Å². The number of aromatic amines is 1. The highest BCUT2D eigenvalue weighted by molar-refractivity contribution is 9.10. The normalized spacial score (nSPS) is 11.3. The summed E-state index contributed by atoms with van der Waals surface area (Å²) in [6, 6.07) is 20.1. The van der Waals surface area contributed by atoms with Gasteiger partial charge in [-0.15, -0.1) is 0 Å². The molecule has 30 heavy (non-hydrogen) atoms. The zero-order valence-corrected chi connectivity index (χ0v) is 18.5. The third kappa shape index (κ3) is 3.28. The molecule has 0 aliphatic carbocycles. The van der Waals surface area contributed by atoms with Gasteiger partial charge in [0.05, 0.1) is 23.3 Å². The lowest BCUT2D eigenvalue weighted by atomic mass is 10.2. The van der Waals surface area contributed by atoms with E-state index in [9.17, 15) is 0 Å². The van der Waals surface area contributed by atoms with E-state index in [0.717, 1.165) is 38.5 Å². The summed E-state index contributed by atoms with van der Waals surface area (Å²) < 4.78 is 5.58. The molecule has 5 rings (SSSR count). The molecule has 0 saturated carbocycles. The Hall–Kier alpha value is -3.10. The van der Waals surface area contributed by atoms with Crippen LogP contribution in [0.25, 0.3) is 28.2 Å². The van der Waals surface area contributed by atoms with Crippen molar-refractivity contribution in [3.05, 3.63) is 87.5 Å². The Kier molecular flexibility index (Phi) is 4.80. The number of hydrogen-bond acceptors (Lipinski definition) is 4. The first kappa shape index (κ1) is 18.9. The Bertz CT molecular complexity index is 1420. The van der Waals surface area contributed by atoms with Gasteiger partial charge < -0.3 is 4.57 Å². The highest BCUT2D eigenvalue weighted by Crippen LogP contribution is 2.27. The zero-order valence-electron chi connectivity index (χ0n) is 16.1. The molecule has 5 aromatic rings. The van der Waals surface area contributed by atoms with E-state index >= 15 is 0 Å². The van der Waals surface area contributed by atoms with Crippen molar-refractivity contribution in [2.45, 2.75) is 13.5 Å². The minimum Gasteiger partial charge on any atom is -0.315 e. The van der Waals surface area contributed by atoms with E-state index in [4.69, 9.17) is 17.2 Å². The summed E-state index contributed by atoms with van der Waals surface area (Å²) in [7, 11) is 0. The summed E-state index contributed by atoms with van der Waals surface area (Å²) in [5.41, 5.74) is 4.85. The number of pyridine rings is 1. The highest BCUT2D eigenvalue weighted by Gasteiger charge is 2.18. The maximum Gasteiger partial charge on any atom is 0.199 e. The average Bonchev–Trinajstić information content (AvgIpc) is 3.30. The third-order valence-electron chi connectivity index (χ3n) is 4.93. The third-order valence-corrected chi connectivity index (χ3v) is 5.84. The zero-order chi connectivity index (χ0) is 20.7. The fraction of sp³-hybridized carbons (Fsp3) is 0.0909. The molecule has 3 aromatic heterocycles. The van der Waals surface area contributed by atoms with E-state index in [0.29, 0.717) is 11.3 Å². The van der Waals surface area contributed by atoms with Crippen molar-refractivity contribution in [3.8, 4) is 17.2 Å². The molecule has 0 spiro atoms. The molecule has 0 aliphatic heterocycles. The topological polar surface area (TPSA) is 64.3 Å². The number of nitrogens with zero attached hydrogens (tertiary/aromatic N) is 5. The molecule has 0 aliphatic rings. The smallest absolute Gasteiger partial charge is 0.199 e. The van der Waals surface area contributed by atoms with Gasteiger partial charge >= 0.3 is 0 Å². The predicted molar refractivity (Wildman–Crippen MR) is 123 cm³/mol. The summed E-state index contributed by atoms with van der Waals surface area (Å²) >= 11 is 9.22. The van der Waals surface area contributed by atoms with Gasteiger partial charge in [-0.3, -0.25) is 14.6 Å². The van der Waals surface area contributed by atoms with E-state index in [-0.39, 0.29) is 0 Å². The van der Waals surface area contributed by atoms with Gasteiger partial charge in [-0.25, -0.2) is 4.98 Å². The Morgan fingerprint density at radius 3 is 2.70 bits per heavy atom. The average molecular weight is 477 g/mol. The molecule has 0 atom stereocenters. The van der Waals surface area contributed by atoms with Crippen LogP contribution in [-0.2, 0) is 6.54 Å². The Labute approximate surface area is 186 Å². The molecule has 0 radical (unpaired) electrons. The number of aromatic nitrogens is 6. The number of fused-ring (bicyclic) bond motifs is 1. The fourth-order valence-corrected chi connectivity index (χ4v) is 4.46. The van der Waals surface area contributed by atoms with Crippen LogP contribution in [0.3, 0.4) is 0 Å². The van der Waals surface area contributed by atoms with E-state index in [1.165, 1.54) is 5.56 Å². The molecule has 8 heteroatoms. The molecule has 0 saturated heterocycles. The minimum absolute atomic E-state index is 0.486. The van der Waals surface area contributed by atoms with Crippen LogP contribution in [0, 0.1) is 11.7 Å². The fourth-order valence-electron chi connectivity index (χ4n) is 3.54. The van der Waals surface area contributed by atoms with Gasteiger partial charge in [0.15, 0.2) is 16.4 Å². The second kappa shape index (κ2) is 7.62. The first-order valence-electron chi connectivity index (χ1n) is 9.41. The first-order chi connectivity index (χ1) is 14.6. The van der Waals surface area contributed by atoms with Crippen molar-refractivity contribution in [2.24, 2.45) is 0 Å². The molecular weight excluding hydrogens is 460 g/mol. The van der Waals surface area contributed by atoms with Gasteiger partial charge in [-0.05, 0) is 77.0 Å². The molecule has 0 unspecified atom stereocenters. The molecule has 0 amide bonds. The van der Waals surface area contributed by atoms with E-state index in [1.54, 1.807) is 6.20 Å². The second-order valence-electron chi connectivity index (χ2n) is 6.96. The monoisotopic (exact) mass is 476 g/mol. The number of rotatable bonds is 4. The Balaban J connectivity index is 1.69. The number of imidazole rings is 1. The van der Waals surface area contributed by atoms with Crippen LogP contribution in [0.5, 0.6) is 0 Å². The van der Waals surface area contributed by atoms with Gasteiger partial charge in [-0.2, -0.15) is 5.10 Å². The molecule has 0 fully saturated rings. The van der Waals surface area contributed by atoms with Crippen molar-refractivity contribution < 1.29 is 0 Å². The van der Waals surface area contributed by atoms with Crippen molar-refractivity contribution in [1.29, 1.82) is 0 Å². The largest absolute Gasteiger partial charge is 0.315 e.